The predicted molar refractivity (Wildman–Crippen MR) is 86.9 cm³/mol. The third-order valence-corrected chi connectivity index (χ3v) is 4.93. The summed E-state index contributed by atoms with van der Waals surface area (Å²) in [5.74, 6) is 0. The molecular weight excluding hydrogens is 268 g/mol. The van der Waals surface area contributed by atoms with Crippen LogP contribution in [0.5, 0.6) is 0 Å². The van der Waals surface area contributed by atoms with Gasteiger partial charge in [-0.25, -0.2) is 0 Å². The minimum Gasteiger partial charge on any atom is -0.372 e. The Morgan fingerprint density at radius 3 is 2.45 bits per heavy atom. The van der Waals surface area contributed by atoms with Gasteiger partial charge in [-0.05, 0) is 56.3 Å². The number of halogens is 1. The van der Waals surface area contributed by atoms with Crippen molar-refractivity contribution in [2.24, 2.45) is 0 Å². The van der Waals surface area contributed by atoms with Crippen molar-refractivity contribution in [3.05, 3.63) is 29.8 Å². The maximum Gasteiger partial charge on any atom is 0.0463 e. The zero-order chi connectivity index (χ0) is 13.8. The first-order chi connectivity index (χ1) is 9.81. The second-order valence-corrected chi connectivity index (χ2v) is 6.77. The van der Waals surface area contributed by atoms with Crippen molar-refractivity contribution in [3.8, 4) is 0 Å². The maximum atomic E-state index is 6.24. The Labute approximate surface area is 127 Å². The summed E-state index contributed by atoms with van der Waals surface area (Å²) in [5.41, 5.74) is 2.84. The van der Waals surface area contributed by atoms with Crippen molar-refractivity contribution in [3.63, 3.8) is 0 Å². The van der Waals surface area contributed by atoms with Crippen molar-refractivity contribution in [1.29, 1.82) is 0 Å². The molecule has 2 aliphatic rings. The average molecular weight is 293 g/mol. The molecule has 3 rings (SSSR count). The standard InChI is InChI=1S/C17H25ClN2/c18-16-4-3-10-19(14-16)13-9-15-5-7-17(8-6-15)20-11-1-2-12-20/h5-8,16H,1-4,9-14H2/t16-/m1/s1. The molecule has 0 unspecified atom stereocenters. The molecule has 0 radical (unpaired) electrons. The number of hydrogen-bond donors (Lipinski definition) is 0. The molecule has 1 aromatic rings. The van der Waals surface area contributed by atoms with E-state index in [9.17, 15) is 0 Å². The molecule has 0 spiro atoms. The van der Waals surface area contributed by atoms with Crippen LogP contribution >= 0.6 is 11.6 Å². The predicted octanol–water partition coefficient (Wildman–Crippen LogP) is 3.53. The fourth-order valence-corrected chi connectivity index (χ4v) is 3.69. The number of likely N-dealkylation sites (tertiary alicyclic amines) is 1. The fraction of sp³-hybridized carbons (Fsp3) is 0.647. The quantitative estimate of drug-likeness (QED) is 0.783. The van der Waals surface area contributed by atoms with Crippen LogP contribution in [0.1, 0.15) is 31.2 Å². The number of anilines is 1. The lowest BCUT2D eigenvalue weighted by Gasteiger charge is -2.29. The second-order valence-electron chi connectivity index (χ2n) is 6.15. The Kier molecular flexibility index (Phi) is 4.85. The van der Waals surface area contributed by atoms with Gasteiger partial charge in [0.1, 0.15) is 0 Å². The molecule has 1 atom stereocenters. The van der Waals surface area contributed by atoms with E-state index in [1.54, 1.807) is 0 Å². The molecule has 2 heterocycles. The van der Waals surface area contributed by atoms with E-state index in [2.05, 4.69) is 34.1 Å². The molecule has 3 heteroatoms. The maximum absolute atomic E-state index is 6.24. The summed E-state index contributed by atoms with van der Waals surface area (Å²) < 4.78 is 0. The Hall–Kier alpha value is -0.730. The highest BCUT2D eigenvalue weighted by Crippen LogP contribution is 2.21. The molecule has 0 aliphatic carbocycles. The van der Waals surface area contributed by atoms with E-state index < -0.39 is 0 Å². The highest BCUT2D eigenvalue weighted by atomic mass is 35.5. The minimum absolute atomic E-state index is 0.362. The fourth-order valence-electron chi connectivity index (χ4n) is 3.34. The summed E-state index contributed by atoms with van der Waals surface area (Å²) in [7, 11) is 0. The van der Waals surface area contributed by atoms with Crippen LogP contribution in [0.2, 0.25) is 0 Å². The first-order valence-electron chi connectivity index (χ1n) is 8.01. The molecule has 20 heavy (non-hydrogen) atoms. The molecule has 0 bridgehead atoms. The minimum atomic E-state index is 0.362. The lowest BCUT2D eigenvalue weighted by atomic mass is 10.1. The summed E-state index contributed by atoms with van der Waals surface area (Å²) in [6, 6.07) is 9.19. The van der Waals surface area contributed by atoms with E-state index >= 15 is 0 Å². The summed E-state index contributed by atoms with van der Waals surface area (Å²) in [5, 5.41) is 0.362. The lowest BCUT2D eigenvalue weighted by Crippen LogP contribution is -2.37. The molecule has 2 saturated heterocycles. The van der Waals surface area contributed by atoms with Gasteiger partial charge in [-0.1, -0.05) is 12.1 Å². The van der Waals surface area contributed by atoms with Crippen molar-refractivity contribution < 1.29 is 0 Å². The number of alkyl halides is 1. The third kappa shape index (κ3) is 3.67. The SMILES string of the molecule is Cl[C@@H]1CCCN(CCc2ccc(N3CCCC3)cc2)C1. The first kappa shape index (κ1) is 14.2. The molecular formula is C17H25ClN2. The Bertz CT molecular complexity index is 412. The number of rotatable bonds is 4. The van der Waals surface area contributed by atoms with Crippen LogP contribution in [0.3, 0.4) is 0 Å². The summed E-state index contributed by atoms with van der Waals surface area (Å²) in [6.45, 7) is 5.88. The number of piperidine rings is 1. The topological polar surface area (TPSA) is 6.48 Å². The van der Waals surface area contributed by atoms with E-state index in [1.165, 1.54) is 56.6 Å². The Morgan fingerprint density at radius 2 is 1.75 bits per heavy atom. The zero-order valence-electron chi connectivity index (χ0n) is 12.2. The van der Waals surface area contributed by atoms with Crippen molar-refractivity contribution >= 4 is 17.3 Å². The highest BCUT2D eigenvalue weighted by Gasteiger charge is 2.17. The van der Waals surface area contributed by atoms with Gasteiger partial charge in [-0.3, -0.25) is 0 Å². The largest absolute Gasteiger partial charge is 0.372 e. The van der Waals surface area contributed by atoms with Crippen LogP contribution < -0.4 is 4.90 Å². The molecule has 2 nitrogen and oxygen atoms in total. The molecule has 0 amide bonds. The van der Waals surface area contributed by atoms with E-state index in [0.29, 0.717) is 5.38 Å². The smallest absolute Gasteiger partial charge is 0.0463 e. The molecule has 110 valence electrons. The number of hydrogen-bond acceptors (Lipinski definition) is 2. The van der Waals surface area contributed by atoms with E-state index in [0.717, 1.165) is 19.5 Å². The molecule has 2 fully saturated rings. The zero-order valence-corrected chi connectivity index (χ0v) is 13.0. The normalized spacial score (nSPS) is 24.2. The third-order valence-electron chi connectivity index (χ3n) is 4.57. The van der Waals surface area contributed by atoms with Crippen molar-refractivity contribution in [2.75, 3.05) is 37.6 Å². The van der Waals surface area contributed by atoms with Gasteiger partial charge in [0.05, 0.1) is 0 Å². The van der Waals surface area contributed by atoms with Crippen LogP contribution in [0.25, 0.3) is 0 Å². The van der Waals surface area contributed by atoms with E-state index in [1.807, 2.05) is 0 Å². The number of nitrogens with zero attached hydrogens (tertiary/aromatic N) is 2. The van der Waals surface area contributed by atoms with Gasteiger partial charge in [0.15, 0.2) is 0 Å². The summed E-state index contributed by atoms with van der Waals surface area (Å²) in [6.07, 6.45) is 6.27. The van der Waals surface area contributed by atoms with E-state index in [4.69, 9.17) is 11.6 Å². The van der Waals surface area contributed by atoms with Gasteiger partial charge in [-0.15, -0.1) is 11.6 Å². The number of benzene rings is 1. The van der Waals surface area contributed by atoms with Crippen LogP contribution in [0, 0.1) is 0 Å². The van der Waals surface area contributed by atoms with Gasteiger partial charge in [0.25, 0.3) is 0 Å². The van der Waals surface area contributed by atoms with Gasteiger partial charge in [0.2, 0.25) is 0 Å². The van der Waals surface area contributed by atoms with Crippen molar-refractivity contribution in [2.45, 2.75) is 37.5 Å². The summed E-state index contributed by atoms with van der Waals surface area (Å²) in [4.78, 5) is 5.00. The molecule has 1 aromatic carbocycles. The van der Waals surface area contributed by atoms with Crippen LogP contribution in [-0.4, -0.2) is 43.0 Å². The van der Waals surface area contributed by atoms with Gasteiger partial charge in [0, 0.05) is 37.2 Å². The molecule has 0 N–H and O–H groups in total. The summed E-state index contributed by atoms with van der Waals surface area (Å²) >= 11 is 6.24. The lowest BCUT2D eigenvalue weighted by molar-refractivity contribution is 0.235. The second kappa shape index (κ2) is 6.82. The molecule has 0 saturated carbocycles. The van der Waals surface area contributed by atoms with Crippen molar-refractivity contribution in [1.82, 2.24) is 4.90 Å². The van der Waals surface area contributed by atoms with Gasteiger partial charge in [-0.2, -0.15) is 0 Å². The Morgan fingerprint density at radius 1 is 1.00 bits per heavy atom. The first-order valence-corrected chi connectivity index (χ1v) is 8.45. The van der Waals surface area contributed by atoms with E-state index in [-0.39, 0.29) is 0 Å². The molecule has 2 aliphatic heterocycles. The monoisotopic (exact) mass is 292 g/mol. The highest BCUT2D eigenvalue weighted by molar-refractivity contribution is 6.20. The van der Waals surface area contributed by atoms with Crippen LogP contribution in [-0.2, 0) is 6.42 Å². The van der Waals surface area contributed by atoms with Gasteiger partial charge >= 0.3 is 0 Å². The van der Waals surface area contributed by atoms with Gasteiger partial charge < -0.3 is 9.80 Å². The average Bonchev–Trinajstić information content (AvgIpc) is 3.00. The van der Waals surface area contributed by atoms with Crippen LogP contribution in [0.4, 0.5) is 5.69 Å². The van der Waals surface area contributed by atoms with Crippen LogP contribution in [0.15, 0.2) is 24.3 Å². The molecule has 0 aromatic heterocycles. The Balaban J connectivity index is 1.50.